The molecule has 2 amide bonds. The van der Waals surface area contributed by atoms with Crippen molar-refractivity contribution in [3.63, 3.8) is 0 Å². The van der Waals surface area contributed by atoms with Gasteiger partial charge in [-0.05, 0) is 38.6 Å². The van der Waals surface area contributed by atoms with Crippen LogP contribution in [-0.4, -0.2) is 92.2 Å². The van der Waals surface area contributed by atoms with E-state index in [1.54, 1.807) is 6.92 Å². The van der Waals surface area contributed by atoms with Crippen molar-refractivity contribution in [3.05, 3.63) is 0 Å². The third-order valence-corrected chi connectivity index (χ3v) is 7.64. The summed E-state index contributed by atoms with van der Waals surface area (Å²) in [6.07, 6.45) is 6.66. The van der Waals surface area contributed by atoms with Gasteiger partial charge in [0.05, 0.1) is 31.9 Å². The Kier molecular flexibility index (Phi) is 11.0. The summed E-state index contributed by atoms with van der Waals surface area (Å²) in [5.41, 5.74) is -0.849. The number of carbonyl (C=O) groups is 2. The highest BCUT2D eigenvalue weighted by atomic mass is 16.5. The Morgan fingerprint density at radius 3 is 2.40 bits per heavy atom. The summed E-state index contributed by atoms with van der Waals surface area (Å²) < 4.78 is 10.6. The number of ether oxygens (including phenoxy) is 2. The number of nitrogens with zero attached hydrogens (tertiary/aromatic N) is 3. The highest BCUT2D eigenvalue weighted by Crippen LogP contribution is 2.28. The van der Waals surface area contributed by atoms with E-state index in [1.807, 2.05) is 0 Å². The van der Waals surface area contributed by atoms with Gasteiger partial charge in [0.2, 0.25) is 5.91 Å². The molecule has 0 aromatic carbocycles. The highest BCUT2D eigenvalue weighted by molar-refractivity contribution is 5.83. The minimum Gasteiger partial charge on any atom is -0.450 e. The van der Waals surface area contributed by atoms with Crippen LogP contribution in [0.5, 0.6) is 0 Å². The number of morpholine rings is 1. The van der Waals surface area contributed by atoms with E-state index in [0.717, 1.165) is 32.5 Å². The van der Waals surface area contributed by atoms with Gasteiger partial charge < -0.3 is 19.7 Å². The second kappa shape index (κ2) is 14.0. The molecule has 3 rings (SSSR count). The molecule has 3 aliphatic rings. The fourth-order valence-electron chi connectivity index (χ4n) is 5.39. The maximum atomic E-state index is 13.7. The molecule has 2 heterocycles. The van der Waals surface area contributed by atoms with Crippen molar-refractivity contribution in [2.24, 2.45) is 5.92 Å². The zero-order valence-corrected chi connectivity index (χ0v) is 21.5. The SMILES string of the molecule is CCOC(=O)NC(NC(CC1CCCCC1)C(=O)NC1(C#N)CCN(CC)CC1)N1CCOCC1. The summed E-state index contributed by atoms with van der Waals surface area (Å²) in [5, 5.41) is 19.5. The molecule has 2 atom stereocenters. The number of nitriles is 1. The second-order valence-electron chi connectivity index (χ2n) is 9.99. The number of hydrogen-bond acceptors (Lipinski definition) is 8. The van der Waals surface area contributed by atoms with Crippen molar-refractivity contribution < 1.29 is 19.1 Å². The van der Waals surface area contributed by atoms with E-state index < -0.39 is 24.0 Å². The van der Waals surface area contributed by atoms with E-state index in [4.69, 9.17) is 9.47 Å². The van der Waals surface area contributed by atoms with Crippen LogP contribution in [0.2, 0.25) is 0 Å². The summed E-state index contributed by atoms with van der Waals surface area (Å²) >= 11 is 0. The lowest BCUT2D eigenvalue weighted by Crippen LogP contribution is -2.65. The summed E-state index contributed by atoms with van der Waals surface area (Å²) in [4.78, 5) is 30.4. The lowest BCUT2D eigenvalue weighted by Gasteiger charge is -2.40. The highest BCUT2D eigenvalue weighted by Gasteiger charge is 2.39. The molecule has 2 unspecified atom stereocenters. The zero-order chi connectivity index (χ0) is 25.1. The Bertz CT molecular complexity index is 709. The van der Waals surface area contributed by atoms with Crippen molar-refractivity contribution in [2.75, 3.05) is 52.5 Å². The van der Waals surface area contributed by atoms with Crippen LogP contribution < -0.4 is 16.0 Å². The Morgan fingerprint density at radius 2 is 1.80 bits per heavy atom. The summed E-state index contributed by atoms with van der Waals surface area (Å²) in [5.74, 6) is 0.283. The number of likely N-dealkylation sites (tertiary alicyclic amines) is 1. The van der Waals surface area contributed by atoms with Crippen molar-refractivity contribution >= 4 is 12.0 Å². The molecule has 3 fully saturated rings. The van der Waals surface area contributed by atoms with Crippen molar-refractivity contribution in [1.82, 2.24) is 25.8 Å². The average molecular weight is 493 g/mol. The smallest absolute Gasteiger partial charge is 0.409 e. The Balaban J connectivity index is 1.75. The first kappa shape index (κ1) is 27.7. The Labute approximate surface area is 210 Å². The lowest BCUT2D eigenvalue weighted by molar-refractivity contribution is -0.126. The number of piperidine rings is 1. The van der Waals surface area contributed by atoms with Crippen LogP contribution in [0.25, 0.3) is 0 Å². The molecule has 0 aromatic heterocycles. The number of alkyl carbamates (subject to hydrolysis) is 1. The number of carbonyl (C=O) groups excluding carboxylic acids is 2. The van der Waals surface area contributed by atoms with Gasteiger partial charge in [0, 0.05) is 26.2 Å². The first-order chi connectivity index (χ1) is 17.0. The van der Waals surface area contributed by atoms with Crippen LogP contribution in [0.15, 0.2) is 0 Å². The molecule has 1 saturated carbocycles. The molecule has 2 saturated heterocycles. The van der Waals surface area contributed by atoms with Gasteiger partial charge in [0.1, 0.15) is 11.8 Å². The van der Waals surface area contributed by atoms with Crippen molar-refractivity contribution in [1.29, 1.82) is 5.26 Å². The number of nitrogens with one attached hydrogen (secondary N) is 3. The molecule has 198 valence electrons. The van der Waals surface area contributed by atoms with Gasteiger partial charge in [-0.3, -0.25) is 20.3 Å². The monoisotopic (exact) mass is 492 g/mol. The lowest BCUT2D eigenvalue weighted by atomic mass is 9.84. The minimum absolute atomic E-state index is 0.161. The van der Waals surface area contributed by atoms with Crippen molar-refractivity contribution in [2.45, 2.75) is 83.1 Å². The molecule has 0 radical (unpaired) electrons. The number of amides is 2. The topological polar surface area (TPSA) is 119 Å². The predicted octanol–water partition coefficient (Wildman–Crippen LogP) is 1.77. The van der Waals surface area contributed by atoms with Gasteiger partial charge in [0.25, 0.3) is 0 Å². The molecular formula is C25H44N6O4. The molecule has 0 bridgehead atoms. The van der Waals surface area contributed by atoms with E-state index in [-0.39, 0.29) is 12.5 Å². The molecule has 2 aliphatic heterocycles. The van der Waals surface area contributed by atoms with Gasteiger partial charge in [-0.25, -0.2) is 4.79 Å². The molecule has 3 N–H and O–H groups in total. The van der Waals surface area contributed by atoms with E-state index in [2.05, 4.69) is 38.7 Å². The van der Waals surface area contributed by atoms with Gasteiger partial charge in [-0.15, -0.1) is 0 Å². The van der Waals surface area contributed by atoms with E-state index >= 15 is 0 Å². The van der Waals surface area contributed by atoms with Crippen molar-refractivity contribution in [3.8, 4) is 6.07 Å². The average Bonchev–Trinajstić information content (AvgIpc) is 2.89. The second-order valence-corrected chi connectivity index (χ2v) is 9.99. The quantitative estimate of drug-likeness (QED) is 0.395. The molecule has 10 heteroatoms. The maximum absolute atomic E-state index is 13.7. The van der Waals surface area contributed by atoms with E-state index in [0.29, 0.717) is 51.5 Å². The van der Waals surface area contributed by atoms with Crippen LogP contribution in [0.3, 0.4) is 0 Å². The number of hydrogen-bond donors (Lipinski definition) is 3. The van der Waals surface area contributed by atoms with E-state index in [1.165, 1.54) is 19.3 Å². The van der Waals surface area contributed by atoms with Gasteiger partial charge in [-0.1, -0.05) is 39.0 Å². The first-order valence-corrected chi connectivity index (χ1v) is 13.5. The number of rotatable bonds is 10. The molecule has 1 aliphatic carbocycles. The van der Waals surface area contributed by atoms with Crippen LogP contribution in [0.4, 0.5) is 4.79 Å². The normalized spacial score (nSPS) is 23.6. The zero-order valence-electron chi connectivity index (χ0n) is 21.5. The van der Waals surface area contributed by atoms with Crippen LogP contribution in [-0.2, 0) is 14.3 Å². The van der Waals surface area contributed by atoms with Crippen LogP contribution in [0.1, 0.15) is 65.2 Å². The van der Waals surface area contributed by atoms with Gasteiger partial charge in [-0.2, -0.15) is 5.26 Å². The molecular weight excluding hydrogens is 448 g/mol. The van der Waals surface area contributed by atoms with Gasteiger partial charge >= 0.3 is 6.09 Å². The fourth-order valence-corrected chi connectivity index (χ4v) is 5.39. The Hall–Kier alpha value is -1.93. The van der Waals surface area contributed by atoms with Crippen LogP contribution in [0, 0.1) is 17.2 Å². The van der Waals surface area contributed by atoms with Crippen LogP contribution >= 0.6 is 0 Å². The largest absolute Gasteiger partial charge is 0.450 e. The summed E-state index contributed by atoms with van der Waals surface area (Å²) in [6, 6.07) is 1.89. The fraction of sp³-hybridized carbons (Fsp3) is 0.880. The maximum Gasteiger partial charge on any atom is 0.409 e. The minimum atomic E-state index is -0.849. The molecule has 35 heavy (non-hydrogen) atoms. The third kappa shape index (κ3) is 8.31. The standard InChI is InChI=1S/C25H44N6O4/c1-3-30-12-10-25(19-26,11-13-30)29-22(32)21(18-20-8-6-5-7-9-20)27-23(28-24(33)35-4-2)31-14-16-34-17-15-31/h20-21,23,27H,3-18H2,1-2H3,(H,28,33)(H,29,32). The van der Waals surface area contributed by atoms with Gasteiger partial charge in [0.15, 0.2) is 0 Å². The molecule has 10 nitrogen and oxygen atoms in total. The molecule has 0 spiro atoms. The van der Waals surface area contributed by atoms with E-state index in [9.17, 15) is 14.9 Å². The first-order valence-electron chi connectivity index (χ1n) is 13.5. The third-order valence-electron chi connectivity index (χ3n) is 7.64. The summed E-state index contributed by atoms with van der Waals surface area (Å²) in [7, 11) is 0. The Morgan fingerprint density at radius 1 is 1.11 bits per heavy atom. The summed E-state index contributed by atoms with van der Waals surface area (Å²) in [6.45, 7) is 9.09. The predicted molar refractivity (Wildman–Crippen MR) is 132 cm³/mol. The molecule has 0 aromatic rings.